The predicted octanol–water partition coefficient (Wildman–Crippen LogP) is 4.94. The van der Waals surface area contributed by atoms with Gasteiger partial charge in [0.15, 0.2) is 0 Å². The molecule has 226 valence electrons. The Morgan fingerprint density at radius 2 is 1.76 bits per heavy atom. The third-order valence-corrected chi connectivity index (χ3v) is 7.59. The molecule has 10 nitrogen and oxygen atoms in total. The van der Waals surface area contributed by atoms with E-state index < -0.39 is 35.0 Å². The first-order valence-electron chi connectivity index (χ1n) is 14.5. The summed E-state index contributed by atoms with van der Waals surface area (Å²) in [6, 6.07) is 9.42. The second kappa shape index (κ2) is 15.3. The smallest absolute Gasteiger partial charge is 0.408 e. The number of hydrogen-bond donors (Lipinski definition) is 3. The Labute approximate surface area is 247 Å². The van der Waals surface area contributed by atoms with Gasteiger partial charge in [0.1, 0.15) is 11.1 Å². The zero-order chi connectivity index (χ0) is 29.9. The fourth-order valence-electron chi connectivity index (χ4n) is 4.79. The highest BCUT2D eigenvalue weighted by molar-refractivity contribution is 7.99. The number of rotatable bonds is 14. The minimum atomic E-state index is -1.14. The van der Waals surface area contributed by atoms with Crippen LogP contribution in [0.4, 0.5) is 4.79 Å². The maximum Gasteiger partial charge on any atom is 0.408 e. The predicted molar refractivity (Wildman–Crippen MR) is 159 cm³/mol. The topological polar surface area (TPSA) is 135 Å². The minimum Gasteiger partial charge on any atom is -0.444 e. The van der Waals surface area contributed by atoms with Crippen LogP contribution in [0.2, 0.25) is 0 Å². The molecule has 2 amide bonds. The van der Waals surface area contributed by atoms with E-state index in [2.05, 4.69) is 38.3 Å². The molecule has 1 fully saturated rings. The summed E-state index contributed by atoms with van der Waals surface area (Å²) < 4.78 is 11.1. The average Bonchev–Trinajstić information content (AvgIpc) is 3.38. The molecular formula is C30H45N5O5S. The lowest BCUT2D eigenvalue weighted by Crippen LogP contribution is -2.62. The van der Waals surface area contributed by atoms with E-state index in [1.54, 1.807) is 20.8 Å². The van der Waals surface area contributed by atoms with Crippen LogP contribution in [0.5, 0.6) is 0 Å². The maximum absolute atomic E-state index is 13.7. The van der Waals surface area contributed by atoms with Crippen LogP contribution in [-0.2, 0) is 16.0 Å². The van der Waals surface area contributed by atoms with Crippen molar-refractivity contribution in [2.45, 2.75) is 102 Å². The first-order valence-corrected chi connectivity index (χ1v) is 15.5. The third kappa shape index (κ3) is 10.8. The number of benzene rings is 1. The molecule has 1 aromatic carbocycles. The Kier molecular flexibility index (Phi) is 12.2. The zero-order valence-electron chi connectivity index (χ0n) is 25.0. The Morgan fingerprint density at radius 3 is 2.41 bits per heavy atom. The molecule has 1 saturated carbocycles. The van der Waals surface area contributed by atoms with Gasteiger partial charge in [-0.2, -0.15) is 0 Å². The maximum atomic E-state index is 13.7. The molecule has 11 heteroatoms. The van der Waals surface area contributed by atoms with Gasteiger partial charge in [-0.3, -0.25) is 9.59 Å². The molecule has 1 atom stereocenters. The van der Waals surface area contributed by atoms with Gasteiger partial charge < -0.3 is 25.1 Å². The van der Waals surface area contributed by atoms with Gasteiger partial charge in [0, 0.05) is 12.3 Å². The molecule has 1 aliphatic carbocycles. The van der Waals surface area contributed by atoms with E-state index in [1.165, 1.54) is 17.3 Å². The number of nitrogens with one attached hydrogen (secondary N) is 3. The van der Waals surface area contributed by atoms with E-state index in [9.17, 15) is 14.4 Å². The molecule has 0 spiro atoms. The number of carbonyl (C=O) groups excluding carboxylic acids is 3. The Morgan fingerprint density at radius 1 is 1.05 bits per heavy atom. The van der Waals surface area contributed by atoms with Crippen molar-refractivity contribution in [3.63, 3.8) is 0 Å². The van der Waals surface area contributed by atoms with Crippen LogP contribution in [0.3, 0.4) is 0 Å². The fraction of sp³-hybridized carbons (Fsp3) is 0.633. The number of aromatic nitrogens is 2. The number of ketones is 1. The zero-order valence-corrected chi connectivity index (χ0v) is 25.8. The van der Waals surface area contributed by atoms with Crippen molar-refractivity contribution in [1.82, 2.24) is 26.1 Å². The van der Waals surface area contributed by atoms with Crippen LogP contribution in [0.25, 0.3) is 0 Å². The van der Waals surface area contributed by atoms with E-state index in [0.717, 1.165) is 38.8 Å². The standard InChI is InChI=1S/C30H45N5O5S/c1-21(2)20-23(32-26(37)30(15-10-7-11-16-30)33-27(38)40-29(3,4)5)24(36)25-34-35-28(39-25)41-19-18-31-17-14-22-12-8-6-9-13-22/h6,8-9,12-13,21,23,31H,7,10-11,14-20H2,1-5H3,(H,32,37)(H,33,38). The van der Waals surface area contributed by atoms with Gasteiger partial charge >= 0.3 is 6.09 Å². The van der Waals surface area contributed by atoms with E-state index in [1.807, 2.05) is 32.0 Å². The summed E-state index contributed by atoms with van der Waals surface area (Å²) in [6.45, 7) is 10.9. The van der Waals surface area contributed by atoms with Gasteiger partial charge in [-0.1, -0.05) is 75.2 Å². The summed E-state index contributed by atoms with van der Waals surface area (Å²) in [4.78, 5) is 39.7. The van der Waals surface area contributed by atoms with Crippen molar-refractivity contribution >= 4 is 29.5 Å². The molecule has 41 heavy (non-hydrogen) atoms. The lowest BCUT2D eigenvalue weighted by atomic mass is 9.80. The molecule has 0 aliphatic heterocycles. The van der Waals surface area contributed by atoms with Gasteiger partial charge in [0.2, 0.25) is 11.7 Å². The minimum absolute atomic E-state index is 0.115. The summed E-state index contributed by atoms with van der Waals surface area (Å²) in [5, 5.41) is 17.5. The Bertz CT molecular complexity index is 1130. The average molecular weight is 588 g/mol. The van der Waals surface area contributed by atoms with Crippen LogP contribution in [0, 0.1) is 5.92 Å². The number of alkyl carbamates (subject to hydrolysis) is 1. The summed E-state index contributed by atoms with van der Waals surface area (Å²) in [6.07, 6.45) is 4.20. The molecular weight excluding hydrogens is 542 g/mol. The van der Waals surface area contributed by atoms with Gasteiger partial charge in [0.25, 0.3) is 11.1 Å². The molecule has 0 saturated heterocycles. The third-order valence-electron chi connectivity index (χ3n) is 6.77. The quantitative estimate of drug-likeness (QED) is 0.160. The van der Waals surface area contributed by atoms with Gasteiger partial charge in [-0.15, -0.1) is 10.2 Å². The van der Waals surface area contributed by atoms with Gasteiger partial charge in [0.05, 0.1) is 6.04 Å². The number of ether oxygens (including phenoxy) is 1. The lowest BCUT2D eigenvalue weighted by Gasteiger charge is -2.38. The molecule has 1 aliphatic rings. The summed E-state index contributed by atoms with van der Waals surface area (Å²) in [5.41, 5.74) is -0.552. The second-order valence-corrected chi connectivity index (χ2v) is 13.0. The second-order valence-electron chi connectivity index (χ2n) is 12.0. The van der Waals surface area contributed by atoms with E-state index in [0.29, 0.717) is 30.2 Å². The number of carbonyl (C=O) groups is 3. The van der Waals surface area contributed by atoms with E-state index >= 15 is 0 Å². The first-order chi connectivity index (χ1) is 19.5. The molecule has 1 unspecified atom stereocenters. The summed E-state index contributed by atoms with van der Waals surface area (Å²) in [5.74, 6) is -0.138. The van der Waals surface area contributed by atoms with Crippen LogP contribution < -0.4 is 16.0 Å². The lowest BCUT2D eigenvalue weighted by molar-refractivity contribution is -0.129. The first kappa shape index (κ1) is 32.6. The van der Waals surface area contributed by atoms with Crippen LogP contribution in [0.1, 0.15) is 89.4 Å². The molecule has 3 rings (SSSR count). The highest BCUT2D eigenvalue weighted by Gasteiger charge is 2.43. The number of hydrogen-bond acceptors (Lipinski definition) is 9. The molecule has 1 aromatic heterocycles. The highest BCUT2D eigenvalue weighted by Crippen LogP contribution is 2.30. The van der Waals surface area contributed by atoms with Crippen LogP contribution >= 0.6 is 11.8 Å². The van der Waals surface area contributed by atoms with Crippen molar-refractivity contribution in [3.8, 4) is 0 Å². The van der Waals surface area contributed by atoms with Crippen molar-refractivity contribution in [2.75, 3.05) is 18.8 Å². The Hall–Kier alpha value is -2.92. The van der Waals surface area contributed by atoms with Crippen molar-refractivity contribution in [2.24, 2.45) is 5.92 Å². The van der Waals surface area contributed by atoms with Crippen LogP contribution in [-0.4, -0.2) is 64.0 Å². The fourth-order valence-corrected chi connectivity index (χ4v) is 5.45. The van der Waals surface area contributed by atoms with Gasteiger partial charge in [-0.05, 0) is 64.5 Å². The summed E-state index contributed by atoms with van der Waals surface area (Å²) in [7, 11) is 0. The number of amides is 2. The number of thioether (sulfide) groups is 1. The summed E-state index contributed by atoms with van der Waals surface area (Å²) >= 11 is 1.37. The van der Waals surface area contributed by atoms with Crippen molar-refractivity contribution in [3.05, 3.63) is 41.8 Å². The molecule has 1 heterocycles. The molecule has 3 N–H and O–H groups in total. The monoisotopic (exact) mass is 587 g/mol. The number of nitrogens with zero attached hydrogens (tertiary/aromatic N) is 2. The molecule has 0 radical (unpaired) electrons. The van der Waals surface area contributed by atoms with E-state index in [-0.39, 0.29) is 11.8 Å². The Balaban J connectivity index is 1.58. The normalized spacial score (nSPS) is 15.8. The largest absolute Gasteiger partial charge is 0.444 e. The number of Topliss-reactive ketones (excluding diaryl/α,β-unsaturated/α-hetero) is 1. The van der Waals surface area contributed by atoms with Crippen molar-refractivity contribution < 1.29 is 23.5 Å². The highest BCUT2D eigenvalue weighted by atomic mass is 32.2. The molecule has 2 aromatic rings. The van der Waals surface area contributed by atoms with Crippen molar-refractivity contribution in [1.29, 1.82) is 0 Å². The van der Waals surface area contributed by atoms with Gasteiger partial charge in [-0.25, -0.2) is 4.79 Å². The van der Waals surface area contributed by atoms with E-state index in [4.69, 9.17) is 9.15 Å². The van der Waals surface area contributed by atoms with Crippen LogP contribution in [0.15, 0.2) is 40.0 Å². The SMILES string of the molecule is CC(C)CC(NC(=O)C1(NC(=O)OC(C)(C)C)CCCCC1)C(=O)c1nnc(SCCNCCc2ccccc2)o1. The molecule has 0 bridgehead atoms.